The maximum Gasteiger partial charge on any atom is 0.416 e. The number of anilines is 1. The fourth-order valence-corrected chi connectivity index (χ4v) is 4.26. The van der Waals surface area contributed by atoms with Gasteiger partial charge in [0.15, 0.2) is 5.65 Å². The molecule has 0 atom stereocenters. The zero-order chi connectivity index (χ0) is 23.2. The number of alkyl halides is 3. The van der Waals surface area contributed by atoms with Crippen LogP contribution < -0.4 is 10.5 Å². The zero-order valence-electron chi connectivity index (χ0n) is 17.5. The molecule has 7 nitrogen and oxygen atoms in total. The van der Waals surface area contributed by atoms with E-state index in [0.29, 0.717) is 43.0 Å². The predicted octanol–water partition coefficient (Wildman–Crippen LogP) is 3.02. The van der Waals surface area contributed by atoms with E-state index in [1.165, 1.54) is 10.6 Å². The number of hydrogen-bond acceptors (Lipinski definition) is 4. The minimum Gasteiger partial charge on any atom is -0.368 e. The van der Waals surface area contributed by atoms with Gasteiger partial charge in [-0.1, -0.05) is 6.07 Å². The topological polar surface area (TPSA) is 62.9 Å². The Hall–Kier alpha value is -3.82. The number of carbonyl (C=O) groups excluding carboxylic acids is 1. The Morgan fingerprint density at radius 1 is 0.970 bits per heavy atom. The molecule has 4 heterocycles. The second-order valence-electron chi connectivity index (χ2n) is 7.92. The summed E-state index contributed by atoms with van der Waals surface area (Å²) >= 11 is 0. The van der Waals surface area contributed by atoms with Crippen LogP contribution in [0.1, 0.15) is 5.56 Å². The third kappa shape index (κ3) is 3.81. The summed E-state index contributed by atoms with van der Waals surface area (Å²) in [6, 6.07) is 12.3. The van der Waals surface area contributed by atoms with Gasteiger partial charge in [0.05, 0.1) is 11.1 Å². The molecule has 5 rings (SSSR count). The third-order valence-electron chi connectivity index (χ3n) is 5.96. The van der Waals surface area contributed by atoms with Crippen molar-refractivity contribution < 1.29 is 18.0 Å². The molecule has 1 aliphatic rings. The fourth-order valence-electron chi connectivity index (χ4n) is 4.26. The molecule has 1 saturated heterocycles. The van der Waals surface area contributed by atoms with Crippen LogP contribution in [-0.2, 0) is 17.5 Å². The van der Waals surface area contributed by atoms with Crippen LogP contribution in [0.4, 0.5) is 18.9 Å². The molecule has 3 aromatic heterocycles. The number of aromatic nitrogens is 3. The van der Waals surface area contributed by atoms with Crippen LogP contribution in [0.25, 0.3) is 16.7 Å². The molecule has 0 bridgehead atoms. The van der Waals surface area contributed by atoms with Gasteiger partial charge in [-0.05, 0) is 42.5 Å². The standard InChI is InChI=1S/C23H20F3N5O2/c24-23(25,26)16-4-1-5-17(14-16)28-10-12-29(13-11-28)20(32)15-31-21-18(6-2-8-27-21)30-9-3-7-19(30)22(31)33/h1-9,14H,10-13,15H2. The molecular weight excluding hydrogens is 435 g/mol. The smallest absolute Gasteiger partial charge is 0.368 e. The Labute approximate surface area is 186 Å². The first-order valence-corrected chi connectivity index (χ1v) is 10.5. The summed E-state index contributed by atoms with van der Waals surface area (Å²) in [5, 5.41) is 0. The highest BCUT2D eigenvalue weighted by Crippen LogP contribution is 2.31. The van der Waals surface area contributed by atoms with E-state index in [2.05, 4.69) is 4.98 Å². The number of rotatable bonds is 3. The van der Waals surface area contributed by atoms with Crippen molar-refractivity contribution in [2.24, 2.45) is 0 Å². The van der Waals surface area contributed by atoms with Crippen LogP contribution in [0, 0.1) is 0 Å². The summed E-state index contributed by atoms with van der Waals surface area (Å²) in [4.78, 5) is 33.8. The molecule has 1 aromatic carbocycles. The minimum absolute atomic E-state index is 0.155. The molecule has 1 amide bonds. The van der Waals surface area contributed by atoms with Gasteiger partial charge in [0, 0.05) is 44.3 Å². The van der Waals surface area contributed by atoms with Crippen molar-refractivity contribution in [2.75, 3.05) is 31.1 Å². The number of pyridine rings is 1. The Balaban J connectivity index is 1.34. The molecular formula is C23H20F3N5O2. The fraction of sp³-hybridized carbons (Fsp3) is 0.261. The molecule has 0 N–H and O–H groups in total. The van der Waals surface area contributed by atoms with Crippen molar-refractivity contribution in [1.29, 1.82) is 0 Å². The maximum absolute atomic E-state index is 13.0. The van der Waals surface area contributed by atoms with Crippen molar-refractivity contribution in [3.05, 3.63) is 76.8 Å². The molecule has 0 radical (unpaired) electrons. The molecule has 10 heteroatoms. The minimum atomic E-state index is -4.40. The van der Waals surface area contributed by atoms with Crippen molar-refractivity contribution in [2.45, 2.75) is 12.7 Å². The van der Waals surface area contributed by atoms with Crippen molar-refractivity contribution >= 4 is 28.3 Å². The van der Waals surface area contributed by atoms with E-state index in [1.54, 1.807) is 46.0 Å². The average Bonchev–Trinajstić information content (AvgIpc) is 3.32. The predicted molar refractivity (Wildman–Crippen MR) is 117 cm³/mol. The molecule has 0 saturated carbocycles. The van der Waals surface area contributed by atoms with Crippen molar-refractivity contribution in [3.63, 3.8) is 0 Å². The van der Waals surface area contributed by atoms with E-state index in [4.69, 9.17) is 0 Å². The lowest BCUT2D eigenvalue weighted by atomic mass is 10.1. The lowest BCUT2D eigenvalue weighted by molar-refractivity contribution is -0.137. The maximum atomic E-state index is 13.0. The summed E-state index contributed by atoms with van der Waals surface area (Å²) in [6.07, 6.45) is -1.05. The largest absolute Gasteiger partial charge is 0.416 e. The van der Waals surface area contributed by atoms with Crippen molar-refractivity contribution in [1.82, 2.24) is 18.9 Å². The van der Waals surface area contributed by atoms with Gasteiger partial charge in [-0.3, -0.25) is 14.2 Å². The Morgan fingerprint density at radius 3 is 2.48 bits per heavy atom. The van der Waals surface area contributed by atoms with Crippen molar-refractivity contribution in [3.8, 4) is 0 Å². The molecule has 0 aliphatic carbocycles. The molecule has 1 fully saturated rings. The molecule has 1 aliphatic heterocycles. The van der Waals surface area contributed by atoms with Crippen LogP contribution in [0.5, 0.6) is 0 Å². The van der Waals surface area contributed by atoms with E-state index < -0.39 is 11.7 Å². The summed E-state index contributed by atoms with van der Waals surface area (Å²) in [5.41, 5.74) is 1.07. The lowest BCUT2D eigenvalue weighted by Gasteiger charge is -2.36. The second kappa shape index (κ2) is 7.95. The molecule has 4 aromatic rings. The number of benzene rings is 1. The van der Waals surface area contributed by atoms with Gasteiger partial charge in [-0.15, -0.1) is 0 Å². The van der Waals surface area contributed by atoms with Crippen LogP contribution in [0.2, 0.25) is 0 Å². The summed E-state index contributed by atoms with van der Waals surface area (Å²) < 4.78 is 42.2. The normalized spacial score (nSPS) is 14.9. The highest BCUT2D eigenvalue weighted by molar-refractivity contribution is 5.80. The SMILES string of the molecule is O=C(Cn1c(=O)c2cccn2c2cccnc21)N1CCN(c2cccc(C(F)(F)F)c2)CC1. The van der Waals surface area contributed by atoms with E-state index in [1.807, 2.05) is 11.0 Å². The third-order valence-corrected chi connectivity index (χ3v) is 5.96. The van der Waals surface area contributed by atoms with Gasteiger partial charge in [0.2, 0.25) is 5.91 Å². The summed E-state index contributed by atoms with van der Waals surface area (Å²) in [5.74, 6) is -0.233. The number of amides is 1. The van der Waals surface area contributed by atoms with E-state index in [-0.39, 0.29) is 18.0 Å². The summed E-state index contributed by atoms with van der Waals surface area (Å²) in [6.45, 7) is 1.35. The van der Waals surface area contributed by atoms with Gasteiger partial charge in [-0.2, -0.15) is 13.2 Å². The Kier molecular flexibility index (Phi) is 5.07. The van der Waals surface area contributed by atoms with Gasteiger partial charge in [0.1, 0.15) is 12.1 Å². The Bertz CT molecular complexity index is 1400. The first-order chi connectivity index (χ1) is 15.8. The number of fused-ring (bicyclic) bond motifs is 3. The number of piperazine rings is 1. The van der Waals surface area contributed by atoms with Gasteiger partial charge >= 0.3 is 6.18 Å². The molecule has 0 unspecified atom stereocenters. The average molecular weight is 455 g/mol. The monoisotopic (exact) mass is 455 g/mol. The molecule has 0 spiro atoms. The van der Waals surface area contributed by atoms with Crippen LogP contribution in [0.15, 0.2) is 65.7 Å². The van der Waals surface area contributed by atoms with E-state index in [9.17, 15) is 22.8 Å². The summed E-state index contributed by atoms with van der Waals surface area (Å²) in [7, 11) is 0. The number of halogens is 3. The zero-order valence-corrected chi connectivity index (χ0v) is 17.5. The van der Waals surface area contributed by atoms with Crippen LogP contribution in [-0.4, -0.2) is 50.9 Å². The lowest BCUT2D eigenvalue weighted by Crippen LogP contribution is -2.50. The molecule has 33 heavy (non-hydrogen) atoms. The number of hydrogen-bond donors (Lipinski definition) is 0. The van der Waals surface area contributed by atoms with Crippen LogP contribution >= 0.6 is 0 Å². The van der Waals surface area contributed by atoms with Gasteiger partial charge in [0.25, 0.3) is 5.56 Å². The molecule has 170 valence electrons. The second-order valence-corrected chi connectivity index (χ2v) is 7.92. The number of nitrogens with zero attached hydrogens (tertiary/aromatic N) is 5. The Morgan fingerprint density at radius 2 is 1.73 bits per heavy atom. The first kappa shape index (κ1) is 21.0. The van der Waals surface area contributed by atoms with E-state index >= 15 is 0 Å². The number of carbonyl (C=O) groups is 1. The highest BCUT2D eigenvalue weighted by Gasteiger charge is 2.31. The quantitative estimate of drug-likeness (QED) is 0.477. The van der Waals surface area contributed by atoms with Crippen LogP contribution in [0.3, 0.4) is 0 Å². The van der Waals surface area contributed by atoms with Gasteiger partial charge < -0.3 is 14.2 Å². The van der Waals surface area contributed by atoms with E-state index in [0.717, 1.165) is 17.6 Å². The highest BCUT2D eigenvalue weighted by atomic mass is 19.4. The first-order valence-electron chi connectivity index (χ1n) is 10.5. The van der Waals surface area contributed by atoms with Gasteiger partial charge in [-0.25, -0.2) is 4.98 Å².